The van der Waals surface area contributed by atoms with Crippen LogP contribution in [0.4, 0.5) is 0 Å². The average Bonchev–Trinajstić information content (AvgIpc) is 3.91. The number of rotatable bonds is 1. The molecule has 0 spiro atoms. The summed E-state index contributed by atoms with van der Waals surface area (Å²) in [4.78, 5) is 38.5. The van der Waals surface area contributed by atoms with E-state index in [4.69, 9.17) is 29.9 Å². The maximum atomic E-state index is 5.38. The van der Waals surface area contributed by atoms with Crippen molar-refractivity contribution < 1.29 is 0 Å². The van der Waals surface area contributed by atoms with Gasteiger partial charge in [0.2, 0.25) is 0 Å². The van der Waals surface area contributed by atoms with Crippen LogP contribution < -0.4 is 0 Å². The van der Waals surface area contributed by atoms with E-state index in [1.54, 1.807) is 6.33 Å². The number of benzene rings is 8. The molecule has 0 aliphatic carbocycles. The molecule has 8 aromatic carbocycles. The van der Waals surface area contributed by atoms with E-state index in [2.05, 4.69) is 162 Å². The van der Waals surface area contributed by atoms with E-state index in [-0.39, 0.29) is 0 Å². The van der Waals surface area contributed by atoms with Crippen LogP contribution in [0, 0.1) is 6.92 Å². The summed E-state index contributed by atoms with van der Waals surface area (Å²) in [5.74, 6) is 1.67. The number of hydrogen-bond donors (Lipinski definition) is 2. The molecule has 8 heteroatoms. The summed E-state index contributed by atoms with van der Waals surface area (Å²) in [6.07, 6.45) is 1.60. The molecule has 0 saturated heterocycles. The predicted molar refractivity (Wildman–Crippen MR) is 232 cm³/mol. The maximum Gasteiger partial charge on any atom is 0.165 e. The van der Waals surface area contributed by atoms with Gasteiger partial charge in [0.25, 0.3) is 0 Å². The maximum absolute atomic E-state index is 5.38. The first-order valence-corrected chi connectivity index (χ1v) is 19.0. The second kappa shape index (κ2) is 12.1. The Morgan fingerprint density at radius 1 is 0.351 bits per heavy atom. The van der Waals surface area contributed by atoms with Gasteiger partial charge in [0.15, 0.2) is 17.5 Å². The molecule has 0 radical (unpaired) electrons. The highest BCUT2D eigenvalue weighted by atomic mass is 15.0. The first-order valence-electron chi connectivity index (χ1n) is 19.0. The average molecular weight is 731 g/mol. The zero-order valence-electron chi connectivity index (χ0n) is 30.6. The van der Waals surface area contributed by atoms with Crippen LogP contribution in [0.1, 0.15) is 5.56 Å². The molecule has 0 unspecified atom stereocenters. The molecule has 0 fully saturated rings. The highest BCUT2D eigenvalue weighted by molar-refractivity contribution is 6.20. The normalized spacial score (nSPS) is 11.9. The topological polar surface area (TPSA) is 109 Å². The van der Waals surface area contributed by atoms with Gasteiger partial charge >= 0.3 is 0 Å². The molecule has 1 aliphatic heterocycles. The Hall–Kier alpha value is -7.84. The Bertz CT molecular complexity index is 3670. The van der Waals surface area contributed by atoms with E-state index in [9.17, 15) is 0 Å². The van der Waals surface area contributed by atoms with Crippen LogP contribution in [0.3, 0.4) is 0 Å². The van der Waals surface area contributed by atoms with Crippen molar-refractivity contribution in [3.63, 3.8) is 0 Å². The lowest BCUT2D eigenvalue weighted by atomic mass is 9.99. The Labute approximate surface area is 324 Å². The molecule has 2 N–H and O–H groups in total. The highest BCUT2D eigenvalue weighted by Crippen LogP contribution is 2.41. The third-order valence-electron chi connectivity index (χ3n) is 11.4. The summed E-state index contributed by atoms with van der Waals surface area (Å²) < 4.78 is 0. The molecular weight excluding hydrogens is 701 g/mol. The summed E-state index contributed by atoms with van der Waals surface area (Å²) in [6, 6.07) is 50.4. The van der Waals surface area contributed by atoms with Crippen molar-refractivity contribution in [2.45, 2.75) is 6.92 Å². The summed E-state index contributed by atoms with van der Waals surface area (Å²) in [6.45, 7) is 2.13. The van der Waals surface area contributed by atoms with Crippen LogP contribution in [-0.4, -0.2) is 39.9 Å². The molecule has 0 atom stereocenters. The third kappa shape index (κ3) is 4.80. The van der Waals surface area contributed by atoms with Gasteiger partial charge in [-0.2, -0.15) is 0 Å². The van der Waals surface area contributed by atoms with Crippen molar-refractivity contribution in [2.75, 3.05) is 0 Å². The van der Waals surface area contributed by atoms with Crippen LogP contribution in [-0.2, 0) is 0 Å². The largest absolute Gasteiger partial charge is 0.324 e. The Morgan fingerprint density at radius 3 is 1.53 bits per heavy atom. The molecule has 11 aromatic rings. The molecule has 4 heterocycles. The monoisotopic (exact) mass is 730 g/mol. The van der Waals surface area contributed by atoms with Crippen molar-refractivity contribution in [2.24, 2.45) is 0 Å². The van der Waals surface area contributed by atoms with E-state index in [1.807, 2.05) is 0 Å². The van der Waals surface area contributed by atoms with Crippen molar-refractivity contribution in [1.82, 2.24) is 39.9 Å². The third-order valence-corrected chi connectivity index (χ3v) is 11.4. The van der Waals surface area contributed by atoms with Crippen LogP contribution in [0.5, 0.6) is 0 Å². The summed E-state index contributed by atoms with van der Waals surface area (Å²) in [7, 11) is 0. The fraction of sp³-hybridized carbons (Fsp3) is 0.0204. The second-order valence-corrected chi connectivity index (χ2v) is 14.5. The van der Waals surface area contributed by atoms with Gasteiger partial charge in [0.1, 0.15) is 28.9 Å². The Kier molecular flexibility index (Phi) is 6.68. The zero-order valence-corrected chi connectivity index (χ0v) is 30.6. The fourth-order valence-electron chi connectivity index (χ4n) is 8.66. The molecule has 0 saturated carbocycles. The molecule has 8 nitrogen and oxygen atoms in total. The lowest BCUT2D eigenvalue weighted by Crippen LogP contribution is -1.91. The first kappa shape index (κ1) is 31.5. The minimum absolute atomic E-state index is 0.521. The number of aryl methyl sites for hydroxylation is 1. The standard InChI is InChI=1S/C49H30N8/c1-27-32-14-6-2-10-28(32)18-22-33(27)43-50-26-51-44-37-23-19-29-11-3-7-15-34(29)40(37)47(53-44)54-46-39-25-21-31-13-5-9-17-36(31)42(39)49(57-46)56-45-38-24-20-30-12-4-8-16-35(30)41(38)48(52-43)55-45/h2-26H,1H3,(H2,50,51,52,53,54,55,56,57). The predicted octanol–water partition coefficient (Wildman–Crippen LogP) is 11.8. The number of nitrogens with one attached hydrogen (secondary N) is 2. The van der Waals surface area contributed by atoms with E-state index in [1.165, 1.54) is 0 Å². The number of nitrogens with zero attached hydrogens (tertiary/aromatic N) is 6. The number of fused-ring (bicyclic) bond motifs is 22. The molecule has 0 amide bonds. The number of H-pyrrole nitrogens is 2. The summed E-state index contributed by atoms with van der Waals surface area (Å²) in [5.41, 5.74) is 6.44. The van der Waals surface area contributed by atoms with Crippen molar-refractivity contribution in [3.05, 3.63) is 157 Å². The number of aromatic amines is 2. The SMILES string of the molecule is Cc1c(-c2ncnc3[nH]c(nc4nc(nc5[nH]c(n2)c2c6ccccc6ccc52)-c2c-4ccc4ccccc24)c2c4ccccc4ccc32)ccc2ccccc12. The van der Waals surface area contributed by atoms with E-state index < -0.39 is 0 Å². The van der Waals surface area contributed by atoms with Gasteiger partial charge in [-0.25, -0.2) is 29.9 Å². The van der Waals surface area contributed by atoms with Gasteiger partial charge in [-0.15, -0.1) is 0 Å². The minimum Gasteiger partial charge on any atom is -0.324 e. The molecule has 12 rings (SSSR count). The minimum atomic E-state index is 0.521. The van der Waals surface area contributed by atoms with Gasteiger partial charge in [0, 0.05) is 38.2 Å². The molecule has 6 bridgehead atoms. The van der Waals surface area contributed by atoms with Crippen LogP contribution in [0.2, 0.25) is 0 Å². The molecule has 57 heavy (non-hydrogen) atoms. The van der Waals surface area contributed by atoms with E-state index in [0.717, 1.165) is 86.9 Å². The lowest BCUT2D eigenvalue weighted by molar-refractivity contribution is 1.15. The van der Waals surface area contributed by atoms with Gasteiger partial charge < -0.3 is 9.97 Å². The lowest BCUT2D eigenvalue weighted by Gasteiger charge is -2.07. The van der Waals surface area contributed by atoms with Crippen LogP contribution in [0.25, 0.3) is 121 Å². The number of hydrogen-bond acceptors (Lipinski definition) is 6. The first-order chi connectivity index (χ1) is 28.2. The zero-order chi connectivity index (χ0) is 37.6. The summed E-state index contributed by atoms with van der Waals surface area (Å²) >= 11 is 0. The van der Waals surface area contributed by atoms with Crippen LogP contribution in [0.15, 0.2) is 152 Å². The van der Waals surface area contributed by atoms with Crippen molar-refractivity contribution >= 4 is 87.2 Å². The Balaban J connectivity index is 1.29. The molecule has 1 aliphatic rings. The van der Waals surface area contributed by atoms with Gasteiger partial charge in [-0.1, -0.05) is 127 Å². The number of aromatic nitrogens is 8. The van der Waals surface area contributed by atoms with Gasteiger partial charge in [-0.3, -0.25) is 0 Å². The smallest absolute Gasteiger partial charge is 0.165 e. The van der Waals surface area contributed by atoms with Gasteiger partial charge in [-0.05, 0) is 73.8 Å². The quantitative estimate of drug-likeness (QED) is 0.174. The van der Waals surface area contributed by atoms with Crippen molar-refractivity contribution in [1.29, 1.82) is 0 Å². The fourth-order valence-corrected chi connectivity index (χ4v) is 8.66. The van der Waals surface area contributed by atoms with Gasteiger partial charge in [0.05, 0.1) is 0 Å². The van der Waals surface area contributed by atoms with E-state index >= 15 is 0 Å². The van der Waals surface area contributed by atoms with Crippen molar-refractivity contribution in [3.8, 4) is 34.2 Å². The Morgan fingerprint density at radius 2 is 0.842 bits per heavy atom. The molecule has 266 valence electrons. The van der Waals surface area contributed by atoms with Crippen LogP contribution >= 0.6 is 0 Å². The second-order valence-electron chi connectivity index (χ2n) is 14.5. The van der Waals surface area contributed by atoms with E-state index in [0.29, 0.717) is 40.1 Å². The highest BCUT2D eigenvalue weighted by Gasteiger charge is 2.23. The molecular formula is C49H30N8. The molecule has 3 aromatic heterocycles. The summed E-state index contributed by atoms with van der Waals surface area (Å²) in [5, 5.41) is 12.6.